The normalized spacial score (nSPS) is 18.3. The SMILES string of the molecule is O=C1CC=CC(C(F)(F)F)=C1CO. The summed E-state index contributed by atoms with van der Waals surface area (Å²) in [6.45, 7) is -0.863. The molecule has 0 spiro atoms. The van der Waals surface area contributed by atoms with Crippen molar-refractivity contribution in [2.75, 3.05) is 6.61 Å². The fourth-order valence-electron chi connectivity index (χ4n) is 1.10. The lowest BCUT2D eigenvalue weighted by Gasteiger charge is -2.15. The number of aliphatic hydroxyl groups excluding tert-OH is 1. The van der Waals surface area contributed by atoms with Gasteiger partial charge in [-0.2, -0.15) is 13.2 Å². The second-order valence-electron chi connectivity index (χ2n) is 2.58. The third kappa shape index (κ3) is 1.98. The summed E-state index contributed by atoms with van der Waals surface area (Å²) >= 11 is 0. The molecule has 0 aromatic rings. The molecule has 1 aliphatic carbocycles. The molecule has 0 aliphatic heterocycles. The summed E-state index contributed by atoms with van der Waals surface area (Å²) in [5.74, 6) is -0.669. The van der Waals surface area contributed by atoms with Crippen LogP contribution in [0.4, 0.5) is 13.2 Å². The van der Waals surface area contributed by atoms with E-state index in [9.17, 15) is 18.0 Å². The quantitative estimate of drug-likeness (QED) is 0.681. The summed E-state index contributed by atoms with van der Waals surface area (Å²) in [5, 5.41) is 8.58. The molecule has 5 heteroatoms. The third-order valence-electron chi connectivity index (χ3n) is 1.71. The summed E-state index contributed by atoms with van der Waals surface area (Å²) in [6.07, 6.45) is -2.67. The predicted molar refractivity (Wildman–Crippen MR) is 38.9 cm³/mol. The Morgan fingerprint density at radius 3 is 2.46 bits per heavy atom. The van der Waals surface area contributed by atoms with E-state index in [0.29, 0.717) is 0 Å². The Labute approximate surface area is 72.4 Å². The van der Waals surface area contributed by atoms with Crippen LogP contribution in [-0.2, 0) is 4.79 Å². The molecule has 0 atom stereocenters. The van der Waals surface area contributed by atoms with Crippen molar-refractivity contribution in [2.45, 2.75) is 12.6 Å². The van der Waals surface area contributed by atoms with E-state index in [1.54, 1.807) is 0 Å². The molecular weight excluding hydrogens is 185 g/mol. The lowest BCUT2D eigenvalue weighted by atomic mass is 9.96. The van der Waals surface area contributed by atoms with Crippen molar-refractivity contribution in [1.29, 1.82) is 0 Å². The van der Waals surface area contributed by atoms with Crippen molar-refractivity contribution >= 4 is 5.78 Å². The van der Waals surface area contributed by atoms with E-state index in [1.165, 1.54) is 0 Å². The van der Waals surface area contributed by atoms with Gasteiger partial charge >= 0.3 is 6.18 Å². The molecule has 0 aromatic heterocycles. The van der Waals surface area contributed by atoms with Crippen LogP contribution in [0.5, 0.6) is 0 Å². The number of aliphatic hydroxyl groups is 1. The molecule has 0 saturated carbocycles. The molecule has 1 N–H and O–H groups in total. The molecule has 13 heavy (non-hydrogen) atoms. The standard InChI is InChI=1S/C8H7F3O2/c9-8(10,11)6-2-1-3-7(13)5(6)4-12/h1-2,12H,3-4H2. The number of carbonyl (C=O) groups is 1. The van der Waals surface area contributed by atoms with Gasteiger partial charge < -0.3 is 5.11 Å². The van der Waals surface area contributed by atoms with Crippen molar-refractivity contribution in [2.24, 2.45) is 0 Å². The Morgan fingerprint density at radius 2 is 2.08 bits per heavy atom. The lowest BCUT2D eigenvalue weighted by Crippen LogP contribution is -2.21. The largest absolute Gasteiger partial charge is 0.416 e. The number of rotatable bonds is 1. The zero-order valence-corrected chi connectivity index (χ0v) is 6.56. The van der Waals surface area contributed by atoms with Crippen LogP contribution in [0.25, 0.3) is 0 Å². The first-order chi connectivity index (χ1) is 5.96. The van der Waals surface area contributed by atoms with Crippen LogP contribution in [0.15, 0.2) is 23.3 Å². The first-order valence-corrected chi connectivity index (χ1v) is 3.57. The maximum Gasteiger partial charge on any atom is 0.416 e. The van der Waals surface area contributed by atoms with Gasteiger partial charge in [-0.3, -0.25) is 4.79 Å². The Morgan fingerprint density at radius 1 is 1.46 bits per heavy atom. The molecular formula is C8H7F3O2. The summed E-state index contributed by atoms with van der Waals surface area (Å²) in [5.41, 5.74) is -1.58. The van der Waals surface area contributed by atoms with Crippen LogP contribution in [0, 0.1) is 0 Å². The minimum absolute atomic E-state index is 0.0739. The highest BCUT2D eigenvalue weighted by molar-refractivity contribution is 5.99. The molecule has 0 amide bonds. The first-order valence-electron chi connectivity index (χ1n) is 3.57. The van der Waals surface area contributed by atoms with Crippen molar-refractivity contribution < 1.29 is 23.1 Å². The Kier molecular flexibility index (Phi) is 2.56. The molecule has 0 aromatic carbocycles. The highest BCUT2D eigenvalue weighted by Crippen LogP contribution is 2.31. The van der Waals surface area contributed by atoms with E-state index < -0.39 is 29.7 Å². The Hall–Kier alpha value is -1.10. The van der Waals surface area contributed by atoms with Gasteiger partial charge in [-0.05, 0) is 0 Å². The molecule has 1 rings (SSSR count). The average Bonchev–Trinajstić information content (AvgIpc) is 2.02. The van der Waals surface area contributed by atoms with Crippen molar-refractivity contribution in [1.82, 2.24) is 0 Å². The monoisotopic (exact) mass is 192 g/mol. The van der Waals surface area contributed by atoms with Gasteiger partial charge in [0.15, 0.2) is 5.78 Å². The second kappa shape index (κ2) is 3.33. The van der Waals surface area contributed by atoms with Crippen LogP contribution in [-0.4, -0.2) is 23.7 Å². The summed E-state index contributed by atoms with van der Waals surface area (Å²) in [4.78, 5) is 10.9. The van der Waals surface area contributed by atoms with E-state index in [-0.39, 0.29) is 6.42 Å². The molecule has 0 radical (unpaired) electrons. The van der Waals surface area contributed by atoms with Crippen molar-refractivity contribution in [3.63, 3.8) is 0 Å². The van der Waals surface area contributed by atoms with Gasteiger partial charge in [-0.25, -0.2) is 0 Å². The zero-order valence-electron chi connectivity index (χ0n) is 6.56. The predicted octanol–water partition coefficient (Wildman–Crippen LogP) is 1.37. The summed E-state index contributed by atoms with van der Waals surface area (Å²) in [6, 6.07) is 0. The van der Waals surface area contributed by atoms with Gasteiger partial charge in [-0.1, -0.05) is 12.2 Å². The fourth-order valence-corrected chi connectivity index (χ4v) is 1.10. The van der Waals surface area contributed by atoms with Crippen LogP contribution >= 0.6 is 0 Å². The first kappa shape index (κ1) is 9.98. The molecule has 72 valence electrons. The zero-order chi connectivity index (χ0) is 10.1. The highest BCUT2D eigenvalue weighted by atomic mass is 19.4. The third-order valence-corrected chi connectivity index (χ3v) is 1.71. The van der Waals surface area contributed by atoms with E-state index in [0.717, 1.165) is 12.2 Å². The number of Topliss-reactive ketones (excluding diaryl/α,β-unsaturated/α-hetero) is 1. The molecule has 0 saturated heterocycles. The highest BCUT2D eigenvalue weighted by Gasteiger charge is 2.37. The minimum Gasteiger partial charge on any atom is -0.392 e. The Balaban J connectivity index is 3.15. The smallest absolute Gasteiger partial charge is 0.392 e. The number of ketones is 1. The van der Waals surface area contributed by atoms with Gasteiger partial charge in [0.2, 0.25) is 0 Å². The van der Waals surface area contributed by atoms with Crippen LogP contribution in [0.1, 0.15) is 6.42 Å². The lowest BCUT2D eigenvalue weighted by molar-refractivity contribution is -0.117. The minimum atomic E-state index is -4.56. The maximum absolute atomic E-state index is 12.2. The summed E-state index contributed by atoms with van der Waals surface area (Å²) < 4.78 is 36.5. The van der Waals surface area contributed by atoms with E-state index in [4.69, 9.17) is 5.11 Å². The van der Waals surface area contributed by atoms with Crippen LogP contribution in [0.3, 0.4) is 0 Å². The topological polar surface area (TPSA) is 37.3 Å². The molecule has 1 aliphatic rings. The van der Waals surface area contributed by atoms with Crippen LogP contribution in [0.2, 0.25) is 0 Å². The van der Waals surface area contributed by atoms with Crippen molar-refractivity contribution in [3.05, 3.63) is 23.3 Å². The van der Waals surface area contributed by atoms with Crippen LogP contribution < -0.4 is 0 Å². The van der Waals surface area contributed by atoms with E-state index >= 15 is 0 Å². The van der Waals surface area contributed by atoms with E-state index in [1.807, 2.05) is 0 Å². The van der Waals surface area contributed by atoms with Crippen molar-refractivity contribution in [3.8, 4) is 0 Å². The van der Waals surface area contributed by atoms with E-state index in [2.05, 4.69) is 0 Å². The molecule has 0 heterocycles. The molecule has 0 unspecified atom stereocenters. The van der Waals surface area contributed by atoms with Gasteiger partial charge in [0.25, 0.3) is 0 Å². The number of allylic oxidation sites excluding steroid dienone is 3. The van der Waals surface area contributed by atoms with Gasteiger partial charge in [0.1, 0.15) is 0 Å². The summed E-state index contributed by atoms with van der Waals surface area (Å²) in [7, 11) is 0. The van der Waals surface area contributed by atoms with Gasteiger partial charge in [0.05, 0.1) is 12.2 Å². The average molecular weight is 192 g/mol. The van der Waals surface area contributed by atoms with Gasteiger partial charge in [-0.15, -0.1) is 0 Å². The number of carbonyl (C=O) groups excluding carboxylic acids is 1. The number of hydrogen-bond acceptors (Lipinski definition) is 2. The maximum atomic E-state index is 12.2. The fraction of sp³-hybridized carbons (Fsp3) is 0.375. The molecule has 0 fully saturated rings. The Bertz CT molecular complexity index is 286. The molecule has 0 bridgehead atoms. The second-order valence-corrected chi connectivity index (χ2v) is 2.58. The number of hydrogen-bond donors (Lipinski definition) is 1. The number of halogens is 3. The van der Waals surface area contributed by atoms with Gasteiger partial charge in [0, 0.05) is 12.0 Å². The number of alkyl halides is 3. The molecule has 2 nitrogen and oxygen atoms in total.